The molecule has 0 aliphatic rings. The Morgan fingerprint density at radius 3 is 2.20 bits per heavy atom. The van der Waals surface area contributed by atoms with E-state index in [-0.39, 0.29) is 12.2 Å². The molecule has 0 saturated carbocycles. The average molecular weight is 276 g/mol. The van der Waals surface area contributed by atoms with Crippen molar-refractivity contribution in [3.8, 4) is 17.2 Å². The molecular weight excluding hydrogens is 260 g/mol. The summed E-state index contributed by atoms with van der Waals surface area (Å²) >= 11 is 0. The summed E-state index contributed by atoms with van der Waals surface area (Å²) in [5.41, 5.74) is 0.482. The first-order valence-corrected chi connectivity index (χ1v) is 6.05. The van der Waals surface area contributed by atoms with Crippen LogP contribution in [0.2, 0.25) is 0 Å². The number of methoxy groups -OCH3 is 3. The standard InChI is InChI=1S/C15H16O5/c1-17-13-7-10(8-14(18-2)15(13)19-3)12(16)9-11-5-4-6-20-11/h4-8H,9H2,1-3H3. The van der Waals surface area contributed by atoms with Crippen LogP contribution in [0.15, 0.2) is 34.9 Å². The maximum atomic E-state index is 12.2. The van der Waals surface area contributed by atoms with Gasteiger partial charge in [0.05, 0.1) is 34.0 Å². The summed E-state index contributed by atoms with van der Waals surface area (Å²) in [6.07, 6.45) is 1.73. The van der Waals surface area contributed by atoms with Crippen molar-refractivity contribution >= 4 is 5.78 Å². The summed E-state index contributed by atoms with van der Waals surface area (Å²) in [4.78, 5) is 12.2. The Hall–Kier alpha value is -2.43. The molecule has 0 aliphatic heterocycles. The van der Waals surface area contributed by atoms with Crippen molar-refractivity contribution < 1.29 is 23.4 Å². The van der Waals surface area contributed by atoms with E-state index in [1.807, 2.05) is 0 Å². The van der Waals surface area contributed by atoms with Crippen LogP contribution in [-0.2, 0) is 6.42 Å². The summed E-state index contributed by atoms with van der Waals surface area (Å²) < 4.78 is 20.8. The van der Waals surface area contributed by atoms with Gasteiger partial charge in [-0.3, -0.25) is 4.79 Å². The number of carbonyl (C=O) groups is 1. The van der Waals surface area contributed by atoms with Crippen LogP contribution in [0.3, 0.4) is 0 Å². The van der Waals surface area contributed by atoms with E-state index in [2.05, 4.69) is 0 Å². The molecule has 0 unspecified atom stereocenters. The van der Waals surface area contributed by atoms with E-state index >= 15 is 0 Å². The third-order valence-electron chi connectivity index (χ3n) is 2.90. The van der Waals surface area contributed by atoms with Crippen molar-refractivity contribution in [3.63, 3.8) is 0 Å². The van der Waals surface area contributed by atoms with Crippen LogP contribution in [-0.4, -0.2) is 27.1 Å². The number of ether oxygens (including phenoxy) is 3. The predicted molar refractivity (Wildman–Crippen MR) is 72.8 cm³/mol. The van der Waals surface area contributed by atoms with Crippen molar-refractivity contribution in [2.24, 2.45) is 0 Å². The van der Waals surface area contributed by atoms with E-state index in [9.17, 15) is 4.79 Å². The zero-order chi connectivity index (χ0) is 14.5. The average Bonchev–Trinajstić information content (AvgIpc) is 2.98. The molecule has 5 heteroatoms. The summed E-state index contributed by atoms with van der Waals surface area (Å²) in [6, 6.07) is 6.77. The second-order valence-electron chi connectivity index (χ2n) is 4.09. The lowest BCUT2D eigenvalue weighted by atomic mass is 10.1. The minimum atomic E-state index is -0.0841. The summed E-state index contributed by atoms with van der Waals surface area (Å²) in [6.45, 7) is 0. The lowest BCUT2D eigenvalue weighted by molar-refractivity contribution is 0.0986. The Balaban J connectivity index is 2.34. The van der Waals surface area contributed by atoms with Crippen LogP contribution >= 0.6 is 0 Å². The second kappa shape index (κ2) is 6.14. The number of hydrogen-bond acceptors (Lipinski definition) is 5. The third kappa shape index (κ3) is 2.77. The molecular formula is C15H16O5. The number of hydrogen-bond donors (Lipinski definition) is 0. The van der Waals surface area contributed by atoms with Gasteiger partial charge < -0.3 is 18.6 Å². The molecule has 0 aliphatic carbocycles. The Morgan fingerprint density at radius 1 is 1.10 bits per heavy atom. The maximum absolute atomic E-state index is 12.2. The highest BCUT2D eigenvalue weighted by atomic mass is 16.5. The van der Waals surface area contributed by atoms with Crippen molar-refractivity contribution in [2.45, 2.75) is 6.42 Å². The van der Waals surface area contributed by atoms with Gasteiger partial charge in [0.25, 0.3) is 0 Å². The number of benzene rings is 1. The first kappa shape index (κ1) is 14.0. The maximum Gasteiger partial charge on any atom is 0.203 e. The molecule has 0 bridgehead atoms. The van der Waals surface area contributed by atoms with Crippen LogP contribution < -0.4 is 14.2 Å². The van der Waals surface area contributed by atoms with Crippen LogP contribution in [0.4, 0.5) is 0 Å². The van der Waals surface area contributed by atoms with Crippen molar-refractivity contribution in [3.05, 3.63) is 41.9 Å². The molecule has 106 valence electrons. The lowest BCUT2D eigenvalue weighted by Crippen LogP contribution is -2.05. The Morgan fingerprint density at radius 2 is 1.75 bits per heavy atom. The van der Waals surface area contributed by atoms with Crippen molar-refractivity contribution in [1.29, 1.82) is 0 Å². The smallest absolute Gasteiger partial charge is 0.203 e. The lowest BCUT2D eigenvalue weighted by Gasteiger charge is -2.13. The molecule has 5 nitrogen and oxygen atoms in total. The van der Waals surface area contributed by atoms with Gasteiger partial charge in [-0.05, 0) is 24.3 Å². The quantitative estimate of drug-likeness (QED) is 0.759. The van der Waals surface area contributed by atoms with Gasteiger partial charge in [0.1, 0.15) is 5.76 Å². The van der Waals surface area contributed by atoms with Gasteiger partial charge in [0.15, 0.2) is 17.3 Å². The monoisotopic (exact) mass is 276 g/mol. The molecule has 0 fully saturated rings. The number of rotatable bonds is 6. The highest BCUT2D eigenvalue weighted by Gasteiger charge is 2.17. The minimum Gasteiger partial charge on any atom is -0.493 e. The van der Waals surface area contributed by atoms with Crippen molar-refractivity contribution in [1.82, 2.24) is 0 Å². The normalized spacial score (nSPS) is 10.2. The summed E-state index contributed by atoms with van der Waals surface area (Å²) in [5.74, 6) is 1.90. The molecule has 20 heavy (non-hydrogen) atoms. The first-order chi connectivity index (χ1) is 9.69. The van der Waals surface area contributed by atoms with E-state index in [1.54, 1.807) is 24.3 Å². The zero-order valence-electron chi connectivity index (χ0n) is 11.6. The van der Waals surface area contributed by atoms with Gasteiger partial charge in [0, 0.05) is 5.56 Å². The van der Waals surface area contributed by atoms with E-state index in [0.717, 1.165) is 0 Å². The molecule has 0 radical (unpaired) electrons. The van der Waals surface area contributed by atoms with Crippen LogP contribution in [0.5, 0.6) is 17.2 Å². The fourth-order valence-corrected chi connectivity index (χ4v) is 1.92. The SMILES string of the molecule is COc1cc(C(=O)Cc2ccco2)cc(OC)c1OC. The summed E-state index contributed by atoms with van der Waals surface area (Å²) in [5, 5.41) is 0. The molecule has 2 aromatic rings. The molecule has 1 heterocycles. The number of carbonyl (C=O) groups excluding carboxylic acids is 1. The molecule has 0 saturated heterocycles. The van der Waals surface area contributed by atoms with Gasteiger partial charge in [-0.15, -0.1) is 0 Å². The molecule has 1 aromatic carbocycles. The molecule has 0 spiro atoms. The number of furan rings is 1. The van der Waals surface area contributed by atoms with Gasteiger partial charge >= 0.3 is 0 Å². The molecule has 0 atom stereocenters. The van der Waals surface area contributed by atoms with Gasteiger partial charge in [-0.25, -0.2) is 0 Å². The number of Topliss-reactive ketones (excluding diaryl/α,β-unsaturated/α-hetero) is 1. The predicted octanol–water partition coefficient (Wildman–Crippen LogP) is 2.73. The molecule has 0 N–H and O–H groups in total. The third-order valence-corrected chi connectivity index (χ3v) is 2.90. The summed E-state index contributed by atoms with van der Waals surface area (Å²) in [7, 11) is 4.54. The van der Waals surface area contributed by atoms with E-state index in [1.165, 1.54) is 27.6 Å². The van der Waals surface area contributed by atoms with Crippen LogP contribution in [0, 0.1) is 0 Å². The second-order valence-corrected chi connectivity index (χ2v) is 4.09. The van der Waals surface area contributed by atoms with Crippen molar-refractivity contribution in [2.75, 3.05) is 21.3 Å². The highest BCUT2D eigenvalue weighted by Crippen LogP contribution is 2.38. The fourth-order valence-electron chi connectivity index (χ4n) is 1.92. The minimum absolute atomic E-state index is 0.0841. The van der Waals surface area contributed by atoms with E-state index < -0.39 is 0 Å². The van der Waals surface area contributed by atoms with Gasteiger partial charge in [-0.1, -0.05) is 0 Å². The van der Waals surface area contributed by atoms with E-state index in [0.29, 0.717) is 28.6 Å². The largest absolute Gasteiger partial charge is 0.493 e. The zero-order valence-corrected chi connectivity index (χ0v) is 11.6. The molecule has 0 amide bonds. The van der Waals surface area contributed by atoms with Gasteiger partial charge in [-0.2, -0.15) is 0 Å². The Labute approximate surface area is 117 Å². The fraction of sp³-hybridized carbons (Fsp3) is 0.267. The Kier molecular flexibility index (Phi) is 4.30. The van der Waals surface area contributed by atoms with Gasteiger partial charge in [0.2, 0.25) is 5.75 Å². The van der Waals surface area contributed by atoms with E-state index in [4.69, 9.17) is 18.6 Å². The number of ketones is 1. The highest BCUT2D eigenvalue weighted by molar-refractivity contribution is 5.98. The van der Waals surface area contributed by atoms with Crippen LogP contribution in [0.1, 0.15) is 16.1 Å². The molecule has 1 aromatic heterocycles. The first-order valence-electron chi connectivity index (χ1n) is 6.05. The molecule has 2 rings (SSSR count). The van der Waals surface area contributed by atoms with Crippen LogP contribution in [0.25, 0.3) is 0 Å². The topological polar surface area (TPSA) is 57.9 Å². The Bertz CT molecular complexity index is 561.